The lowest BCUT2D eigenvalue weighted by molar-refractivity contribution is -0.135. The zero-order chi connectivity index (χ0) is 20.1. The van der Waals surface area contributed by atoms with Gasteiger partial charge in [-0.3, -0.25) is 14.5 Å². The fourth-order valence-corrected chi connectivity index (χ4v) is 4.15. The van der Waals surface area contributed by atoms with Crippen LogP contribution >= 0.6 is 11.3 Å². The highest BCUT2D eigenvalue weighted by atomic mass is 32.1. The number of carbonyl (C=O) groups is 2. The van der Waals surface area contributed by atoms with Crippen molar-refractivity contribution in [2.24, 2.45) is 0 Å². The lowest BCUT2D eigenvalue weighted by Gasteiger charge is -2.34. The average Bonchev–Trinajstić information content (AvgIpc) is 3.06. The molecule has 0 N–H and O–H groups in total. The minimum absolute atomic E-state index is 0.00455. The van der Waals surface area contributed by atoms with Gasteiger partial charge in [0.1, 0.15) is 15.6 Å². The van der Waals surface area contributed by atoms with E-state index < -0.39 is 0 Å². The number of aryl methyl sites for hydroxylation is 1. The predicted octanol–water partition coefficient (Wildman–Crippen LogP) is 1.88. The molecule has 2 aromatic rings. The first-order chi connectivity index (χ1) is 13.4. The van der Waals surface area contributed by atoms with Crippen molar-refractivity contribution in [1.82, 2.24) is 19.7 Å². The van der Waals surface area contributed by atoms with E-state index in [2.05, 4.69) is 9.88 Å². The van der Waals surface area contributed by atoms with Gasteiger partial charge in [0, 0.05) is 40.3 Å². The fourth-order valence-electron chi connectivity index (χ4n) is 3.02. The summed E-state index contributed by atoms with van der Waals surface area (Å²) in [7, 11) is 3.50. The molecular formula is C20H26N4O3S. The van der Waals surface area contributed by atoms with Gasteiger partial charge in [0.05, 0.1) is 12.2 Å². The Balaban J connectivity index is 1.47. The van der Waals surface area contributed by atoms with E-state index in [4.69, 9.17) is 4.74 Å². The largest absolute Gasteiger partial charge is 0.484 e. The topological polar surface area (TPSA) is 66.0 Å². The van der Waals surface area contributed by atoms with Gasteiger partial charge in [-0.25, -0.2) is 4.98 Å². The minimum Gasteiger partial charge on any atom is -0.484 e. The Hall–Kier alpha value is -2.45. The van der Waals surface area contributed by atoms with Gasteiger partial charge < -0.3 is 14.5 Å². The van der Waals surface area contributed by atoms with Gasteiger partial charge >= 0.3 is 0 Å². The molecule has 2 heterocycles. The van der Waals surface area contributed by atoms with Crippen LogP contribution in [0.15, 0.2) is 30.3 Å². The molecule has 0 aliphatic carbocycles. The first-order valence-electron chi connectivity index (χ1n) is 9.30. The normalized spacial score (nSPS) is 14.8. The summed E-state index contributed by atoms with van der Waals surface area (Å²) in [6.07, 6.45) is 0. The molecule has 0 unspecified atom stereocenters. The van der Waals surface area contributed by atoms with Crippen LogP contribution in [0.2, 0.25) is 0 Å². The summed E-state index contributed by atoms with van der Waals surface area (Å²) >= 11 is 1.46. The summed E-state index contributed by atoms with van der Waals surface area (Å²) < 4.78 is 5.55. The van der Waals surface area contributed by atoms with Crippen molar-refractivity contribution in [3.63, 3.8) is 0 Å². The van der Waals surface area contributed by atoms with Crippen LogP contribution in [0, 0.1) is 6.92 Å². The molecule has 1 aliphatic rings. The van der Waals surface area contributed by atoms with Crippen LogP contribution in [-0.2, 0) is 11.3 Å². The van der Waals surface area contributed by atoms with E-state index in [9.17, 15) is 9.59 Å². The number of hydrogen-bond donors (Lipinski definition) is 0. The second kappa shape index (κ2) is 9.16. The molecule has 1 aliphatic heterocycles. The first-order valence-corrected chi connectivity index (χ1v) is 10.1. The summed E-state index contributed by atoms with van der Waals surface area (Å²) in [5, 5.41) is 0.940. The van der Waals surface area contributed by atoms with Gasteiger partial charge in [0.2, 0.25) is 0 Å². The number of nitrogens with zero attached hydrogens (tertiary/aromatic N) is 4. The Bertz CT molecular complexity index is 814. The molecule has 150 valence electrons. The summed E-state index contributed by atoms with van der Waals surface area (Å²) in [4.78, 5) is 35.5. The molecule has 1 aromatic carbocycles. The lowest BCUT2D eigenvalue weighted by Crippen LogP contribution is -2.49. The van der Waals surface area contributed by atoms with Gasteiger partial charge in [-0.1, -0.05) is 18.2 Å². The van der Waals surface area contributed by atoms with Crippen molar-refractivity contribution in [2.75, 3.05) is 46.9 Å². The maximum atomic E-state index is 12.4. The molecule has 3 rings (SSSR count). The number of aromatic nitrogens is 1. The predicted molar refractivity (Wildman–Crippen MR) is 109 cm³/mol. The SMILES string of the molecule is Cc1nc(CN2CCN(C(=O)COc3ccccc3)CC2)sc1C(=O)N(C)C. The van der Waals surface area contributed by atoms with Crippen LogP contribution in [0.5, 0.6) is 5.75 Å². The number of ether oxygens (including phenoxy) is 1. The smallest absolute Gasteiger partial charge is 0.265 e. The first kappa shape index (κ1) is 20.3. The molecule has 0 radical (unpaired) electrons. The van der Waals surface area contributed by atoms with Gasteiger partial charge in [-0.2, -0.15) is 0 Å². The molecule has 2 amide bonds. The number of benzene rings is 1. The zero-order valence-corrected chi connectivity index (χ0v) is 17.4. The molecule has 1 saturated heterocycles. The van der Waals surface area contributed by atoms with Crippen molar-refractivity contribution >= 4 is 23.2 Å². The van der Waals surface area contributed by atoms with Crippen LogP contribution in [-0.4, -0.2) is 78.4 Å². The molecule has 1 fully saturated rings. The van der Waals surface area contributed by atoms with E-state index in [-0.39, 0.29) is 18.4 Å². The summed E-state index contributed by atoms with van der Waals surface area (Å²) in [6.45, 7) is 5.55. The monoisotopic (exact) mass is 402 g/mol. The molecule has 7 nitrogen and oxygen atoms in total. The molecule has 0 spiro atoms. The van der Waals surface area contributed by atoms with Crippen LogP contribution in [0.1, 0.15) is 20.4 Å². The molecule has 0 atom stereocenters. The van der Waals surface area contributed by atoms with Crippen molar-refractivity contribution in [3.05, 3.63) is 45.9 Å². The van der Waals surface area contributed by atoms with Crippen molar-refractivity contribution in [1.29, 1.82) is 0 Å². The maximum absolute atomic E-state index is 12.4. The highest BCUT2D eigenvalue weighted by Crippen LogP contribution is 2.21. The highest BCUT2D eigenvalue weighted by molar-refractivity contribution is 7.13. The Labute approximate surface area is 169 Å². The second-order valence-corrected chi connectivity index (χ2v) is 8.06. The van der Waals surface area contributed by atoms with Crippen molar-refractivity contribution in [2.45, 2.75) is 13.5 Å². The van der Waals surface area contributed by atoms with E-state index in [1.807, 2.05) is 42.2 Å². The van der Waals surface area contributed by atoms with E-state index in [0.717, 1.165) is 23.8 Å². The number of piperazine rings is 1. The molecule has 8 heteroatoms. The highest BCUT2D eigenvalue weighted by Gasteiger charge is 2.23. The minimum atomic E-state index is -0.00455. The average molecular weight is 403 g/mol. The van der Waals surface area contributed by atoms with E-state index >= 15 is 0 Å². The van der Waals surface area contributed by atoms with Crippen LogP contribution in [0.25, 0.3) is 0 Å². The molecule has 0 saturated carbocycles. The van der Waals surface area contributed by atoms with Gasteiger partial charge in [0.25, 0.3) is 11.8 Å². The molecular weight excluding hydrogens is 376 g/mol. The summed E-state index contributed by atoms with van der Waals surface area (Å²) in [5.74, 6) is 0.708. The number of rotatable bonds is 6. The Morgan fingerprint density at radius 1 is 1.14 bits per heavy atom. The number of carbonyl (C=O) groups excluding carboxylic acids is 2. The number of para-hydroxylation sites is 1. The third-order valence-corrected chi connectivity index (χ3v) is 5.76. The number of amides is 2. The van der Waals surface area contributed by atoms with Crippen molar-refractivity contribution in [3.8, 4) is 5.75 Å². The quantitative estimate of drug-likeness (QED) is 0.738. The molecule has 1 aromatic heterocycles. The third kappa shape index (κ3) is 5.08. The fraction of sp³-hybridized carbons (Fsp3) is 0.450. The molecule has 0 bridgehead atoms. The van der Waals surface area contributed by atoms with Crippen molar-refractivity contribution < 1.29 is 14.3 Å². The van der Waals surface area contributed by atoms with Gasteiger partial charge in [0.15, 0.2) is 6.61 Å². The van der Waals surface area contributed by atoms with E-state index in [0.29, 0.717) is 30.3 Å². The zero-order valence-electron chi connectivity index (χ0n) is 16.6. The second-order valence-electron chi connectivity index (χ2n) is 6.98. The van der Waals surface area contributed by atoms with Crippen LogP contribution < -0.4 is 4.74 Å². The van der Waals surface area contributed by atoms with Crippen LogP contribution in [0.3, 0.4) is 0 Å². The standard InChI is InChI=1S/C20H26N4O3S/c1-15-19(20(26)22(2)3)28-17(21-15)13-23-9-11-24(12-10-23)18(25)14-27-16-7-5-4-6-8-16/h4-8H,9-14H2,1-3H3. The third-order valence-electron chi connectivity index (χ3n) is 4.63. The van der Waals surface area contributed by atoms with Gasteiger partial charge in [-0.15, -0.1) is 11.3 Å². The Morgan fingerprint density at radius 2 is 1.82 bits per heavy atom. The maximum Gasteiger partial charge on any atom is 0.265 e. The Kier molecular flexibility index (Phi) is 6.64. The molecule has 28 heavy (non-hydrogen) atoms. The lowest BCUT2D eigenvalue weighted by atomic mass is 10.3. The number of hydrogen-bond acceptors (Lipinski definition) is 6. The number of thiazole rings is 1. The van der Waals surface area contributed by atoms with E-state index in [1.54, 1.807) is 19.0 Å². The van der Waals surface area contributed by atoms with E-state index in [1.165, 1.54) is 11.3 Å². The van der Waals surface area contributed by atoms with Gasteiger partial charge in [-0.05, 0) is 19.1 Å². The summed E-state index contributed by atoms with van der Waals surface area (Å²) in [5.41, 5.74) is 0.783. The Morgan fingerprint density at radius 3 is 2.46 bits per heavy atom. The summed E-state index contributed by atoms with van der Waals surface area (Å²) in [6, 6.07) is 9.37. The van der Waals surface area contributed by atoms with Crippen LogP contribution in [0.4, 0.5) is 0 Å².